The van der Waals surface area contributed by atoms with Gasteiger partial charge in [0.2, 0.25) is 11.8 Å². The SMILES string of the molecule is CC(CO)Oc1cnc2[nH]cc(/C=C/C(N)=O)c2n1. The number of aliphatic hydroxyl groups excluding tert-OH is 1. The summed E-state index contributed by atoms with van der Waals surface area (Å²) in [6.07, 6.45) is 5.56. The third-order valence-electron chi connectivity index (χ3n) is 2.39. The molecule has 1 unspecified atom stereocenters. The Hall–Kier alpha value is -2.41. The molecular formula is C12H14N4O3. The lowest BCUT2D eigenvalue weighted by Crippen LogP contribution is -2.17. The minimum Gasteiger partial charge on any atom is -0.471 e. The lowest BCUT2D eigenvalue weighted by atomic mass is 10.3. The summed E-state index contributed by atoms with van der Waals surface area (Å²) < 4.78 is 5.37. The maximum Gasteiger partial charge on any atom is 0.241 e. The van der Waals surface area contributed by atoms with Crippen molar-refractivity contribution in [3.63, 3.8) is 0 Å². The normalized spacial score (nSPS) is 12.9. The van der Waals surface area contributed by atoms with Gasteiger partial charge in [0.1, 0.15) is 11.6 Å². The number of fused-ring (bicyclic) bond motifs is 1. The Bertz CT molecular complexity index is 620. The summed E-state index contributed by atoms with van der Waals surface area (Å²) >= 11 is 0. The monoisotopic (exact) mass is 262 g/mol. The van der Waals surface area contributed by atoms with Crippen LogP contribution in [-0.2, 0) is 4.79 Å². The predicted octanol–water partition coefficient (Wildman–Crippen LogP) is 0.216. The largest absolute Gasteiger partial charge is 0.471 e. The Balaban J connectivity index is 2.34. The molecule has 0 aliphatic carbocycles. The maximum atomic E-state index is 10.7. The summed E-state index contributed by atoms with van der Waals surface area (Å²) in [5, 5.41) is 8.93. The van der Waals surface area contributed by atoms with Crippen LogP contribution in [-0.4, -0.2) is 38.7 Å². The number of hydrogen-bond acceptors (Lipinski definition) is 5. The van der Waals surface area contributed by atoms with E-state index in [0.717, 1.165) is 0 Å². The highest BCUT2D eigenvalue weighted by Crippen LogP contribution is 2.19. The molecule has 100 valence electrons. The first-order chi connectivity index (χ1) is 9.10. The third-order valence-corrected chi connectivity index (χ3v) is 2.39. The molecule has 0 saturated heterocycles. The van der Waals surface area contributed by atoms with Crippen molar-refractivity contribution in [2.75, 3.05) is 6.61 Å². The van der Waals surface area contributed by atoms with Crippen LogP contribution in [0, 0.1) is 0 Å². The number of primary amides is 1. The molecule has 0 radical (unpaired) electrons. The number of rotatable bonds is 5. The highest BCUT2D eigenvalue weighted by Gasteiger charge is 2.08. The molecule has 1 atom stereocenters. The maximum absolute atomic E-state index is 10.7. The van der Waals surface area contributed by atoms with Crippen LogP contribution in [0.25, 0.3) is 17.2 Å². The molecule has 1 amide bonds. The highest BCUT2D eigenvalue weighted by molar-refractivity contribution is 5.93. The van der Waals surface area contributed by atoms with Gasteiger partial charge in [-0.2, -0.15) is 0 Å². The first-order valence-electron chi connectivity index (χ1n) is 5.69. The number of carbonyl (C=O) groups excluding carboxylic acids is 1. The van der Waals surface area contributed by atoms with Gasteiger partial charge < -0.3 is 20.6 Å². The molecule has 7 nitrogen and oxygen atoms in total. The lowest BCUT2D eigenvalue weighted by molar-refractivity contribution is -0.113. The number of nitrogens with zero attached hydrogens (tertiary/aromatic N) is 2. The van der Waals surface area contributed by atoms with Gasteiger partial charge in [-0.25, -0.2) is 9.97 Å². The number of aromatic amines is 1. The van der Waals surface area contributed by atoms with Gasteiger partial charge >= 0.3 is 0 Å². The summed E-state index contributed by atoms with van der Waals surface area (Å²) in [5.74, 6) is -0.231. The second-order valence-corrected chi connectivity index (χ2v) is 4.00. The molecule has 19 heavy (non-hydrogen) atoms. The Morgan fingerprint density at radius 2 is 2.47 bits per heavy atom. The van der Waals surface area contributed by atoms with E-state index < -0.39 is 5.91 Å². The van der Waals surface area contributed by atoms with E-state index in [0.29, 0.717) is 22.6 Å². The first-order valence-corrected chi connectivity index (χ1v) is 5.69. The average molecular weight is 262 g/mol. The van der Waals surface area contributed by atoms with E-state index in [1.807, 2.05) is 0 Å². The molecule has 7 heteroatoms. The third kappa shape index (κ3) is 3.08. The van der Waals surface area contributed by atoms with E-state index in [-0.39, 0.29) is 12.7 Å². The van der Waals surface area contributed by atoms with E-state index in [1.165, 1.54) is 12.3 Å². The second-order valence-electron chi connectivity index (χ2n) is 4.00. The van der Waals surface area contributed by atoms with Crippen LogP contribution in [0.3, 0.4) is 0 Å². The number of amides is 1. The van der Waals surface area contributed by atoms with Crippen LogP contribution in [0.4, 0.5) is 0 Å². The second kappa shape index (κ2) is 5.49. The molecule has 2 heterocycles. The number of hydrogen-bond donors (Lipinski definition) is 3. The van der Waals surface area contributed by atoms with Crippen molar-refractivity contribution in [3.05, 3.63) is 24.0 Å². The number of aromatic nitrogens is 3. The van der Waals surface area contributed by atoms with Crippen LogP contribution in [0.1, 0.15) is 12.5 Å². The van der Waals surface area contributed by atoms with E-state index in [2.05, 4.69) is 15.0 Å². The summed E-state index contributed by atoms with van der Waals surface area (Å²) in [7, 11) is 0. The standard InChI is InChI=1S/C12H14N4O3/c1-7(6-17)19-10-5-15-12-11(16-10)8(4-14-12)2-3-9(13)18/h2-5,7,17H,6H2,1H3,(H2,13,18)(H,14,15)/b3-2+. The smallest absolute Gasteiger partial charge is 0.241 e. The zero-order valence-corrected chi connectivity index (χ0v) is 10.3. The van der Waals surface area contributed by atoms with Crippen LogP contribution in [0.2, 0.25) is 0 Å². The van der Waals surface area contributed by atoms with Gasteiger partial charge in [-0.3, -0.25) is 4.79 Å². The van der Waals surface area contributed by atoms with Gasteiger partial charge in [0.05, 0.1) is 12.8 Å². The molecule has 0 saturated carbocycles. The van der Waals surface area contributed by atoms with Crippen molar-refractivity contribution in [2.24, 2.45) is 5.73 Å². The Labute approximate surface area is 109 Å². The molecule has 2 aromatic rings. The lowest BCUT2D eigenvalue weighted by Gasteiger charge is -2.10. The molecule has 4 N–H and O–H groups in total. The zero-order valence-electron chi connectivity index (χ0n) is 10.3. The van der Waals surface area contributed by atoms with Gasteiger partial charge in [-0.05, 0) is 13.0 Å². The fraction of sp³-hybridized carbons (Fsp3) is 0.250. The molecule has 0 bridgehead atoms. The highest BCUT2D eigenvalue weighted by atomic mass is 16.5. The van der Waals surface area contributed by atoms with Crippen molar-refractivity contribution in [1.29, 1.82) is 0 Å². The van der Waals surface area contributed by atoms with Gasteiger partial charge in [0.15, 0.2) is 5.65 Å². The van der Waals surface area contributed by atoms with Gasteiger partial charge in [0.25, 0.3) is 0 Å². The van der Waals surface area contributed by atoms with Crippen LogP contribution in [0.15, 0.2) is 18.5 Å². The van der Waals surface area contributed by atoms with Crippen molar-refractivity contribution >= 4 is 23.1 Å². The molecule has 0 spiro atoms. The Kier molecular flexibility index (Phi) is 3.76. The van der Waals surface area contributed by atoms with Crippen molar-refractivity contribution < 1.29 is 14.6 Å². The number of H-pyrrole nitrogens is 1. The summed E-state index contributed by atoms with van der Waals surface area (Å²) in [5.41, 5.74) is 6.87. The number of nitrogens with one attached hydrogen (secondary N) is 1. The topological polar surface area (TPSA) is 114 Å². The number of aliphatic hydroxyl groups is 1. The average Bonchev–Trinajstić information content (AvgIpc) is 2.78. The predicted molar refractivity (Wildman–Crippen MR) is 69.3 cm³/mol. The quantitative estimate of drug-likeness (QED) is 0.667. The summed E-state index contributed by atoms with van der Waals surface area (Å²) in [6, 6.07) is 0. The van der Waals surface area contributed by atoms with E-state index in [4.69, 9.17) is 15.6 Å². The molecular weight excluding hydrogens is 248 g/mol. The number of nitrogens with two attached hydrogens (primary N) is 1. The molecule has 0 aromatic carbocycles. The molecule has 2 rings (SSSR count). The van der Waals surface area contributed by atoms with E-state index in [9.17, 15) is 4.79 Å². The van der Waals surface area contributed by atoms with E-state index in [1.54, 1.807) is 19.2 Å². The van der Waals surface area contributed by atoms with Crippen LogP contribution >= 0.6 is 0 Å². The van der Waals surface area contributed by atoms with Crippen molar-refractivity contribution in [3.8, 4) is 5.88 Å². The number of ether oxygens (including phenoxy) is 1. The van der Waals surface area contributed by atoms with Crippen LogP contribution in [0.5, 0.6) is 5.88 Å². The first kappa shape index (κ1) is 13.0. The summed E-state index contributed by atoms with van der Waals surface area (Å²) in [6.45, 7) is 1.61. The van der Waals surface area contributed by atoms with E-state index >= 15 is 0 Å². The van der Waals surface area contributed by atoms with Crippen molar-refractivity contribution in [2.45, 2.75) is 13.0 Å². The fourth-order valence-corrected chi connectivity index (χ4v) is 1.49. The Morgan fingerprint density at radius 1 is 1.68 bits per heavy atom. The fourth-order valence-electron chi connectivity index (χ4n) is 1.49. The van der Waals surface area contributed by atoms with Gasteiger partial charge in [0, 0.05) is 17.8 Å². The number of carbonyl (C=O) groups is 1. The minimum atomic E-state index is -0.538. The van der Waals surface area contributed by atoms with Crippen molar-refractivity contribution in [1.82, 2.24) is 15.0 Å². The summed E-state index contributed by atoms with van der Waals surface area (Å²) in [4.78, 5) is 22.1. The van der Waals surface area contributed by atoms with Crippen LogP contribution < -0.4 is 10.5 Å². The van der Waals surface area contributed by atoms with Gasteiger partial charge in [-0.15, -0.1) is 0 Å². The molecule has 0 aliphatic heterocycles. The minimum absolute atomic E-state index is 0.110. The molecule has 0 aliphatic rings. The molecule has 0 fully saturated rings. The zero-order chi connectivity index (χ0) is 13.8. The van der Waals surface area contributed by atoms with Gasteiger partial charge in [-0.1, -0.05) is 0 Å². The molecule has 2 aromatic heterocycles. The Morgan fingerprint density at radius 3 is 3.16 bits per heavy atom.